The first-order valence-electron chi connectivity index (χ1n) is 5.04. The summed E-state index contributed by atoms with van der Waals surface area (Å²) in [6.45, 7) is 0. The van der Waals surface area contributed by atoms with Gasteiger partial charge in [-0.1, -0.05) is 12.1 Å². The number of carboxylic acids is 1. The van der Waals surface area contributed by atoms with E-state index in [-0.39, 0.29) is 5.56 Å². The summed E-state index contributed by atoms with van der Waals surface area (Å²) in [7, 11) is 3.85. The normalized spacial score (nSPS) is 10.2. The molecule has 0 radical (unpaired) electrons. The van der Waals surface area contributed by atoms with Crippen LogP contribution in [0.15, 0.2) is 29.6 Å². The van der Waals surface area contributed by atoms with E-state index in [1.54, 1.807) is 18.2 Å². The van der Waals surface area contributed by atoms with Gasteiger partial charge in [0.2, 0.25) is 0 Å². The second-order valence-corrected chi connectivity index (χ2v) is 4.63. The van der Waals surface area contributed by atoms with Gasteiger partial charge in [-0.05, 0) is 12.1 Å². The third kappa shape index (κ3) is 2.45. The number of aromatic nitrogens is 1. The van der Waals surface area contributed by atoms with Gasteiger partial charge in [-0.3, -0.25) is 0 Å². The number of carbonyl (C=O) groups is 1. The number of nitrogens with zero attached hydrogens (tertiary/aromatic N) is 2. The van der Waals surface area contributed by atoms with Gasteiger partial charge in [-0.25, -0.2) is 9.78 Å². The van der Waals surface area contributed by atoms with Gasteiger partial charge in [0.05, 0.1) is 11.3 Å². The van der Waals surface area contributed by atoms with Crippen molar-refractivity contribution in [3.05, 3.63) is 35.2 Å². The molecule has 0 spiro atoms. The molecule has 1 heterocycles. The molecule has 1 aromatic heterocycles. The van der Waals surface area contributed by atoms with E-state index in [0.717, 1.165) is 16.4 Å². The summed E-state index contributed by atoms with van der Waals surface area (Å²) in [6.07, 6.45) is 0. The highest BCUT2D eigenvalue weighted by Crippen LogP contribution is 2.26. The van der Waals surface area contributed by atoms with Crippen LogP contribution in [0.4, 0.5) is 5.13 Å². The number of thiazole rings is 1. The topological polar surface area (TPSA) is 53.4 Å². The van der Waals surface area contributed by atoms with Gasteiger partial charge in [-0.15, -0.1) is 11.3 Å². The standard InChI is InChI=1S/C12H12N2O2S/c1-14(2)12-13-10(7-17-12)8-4-3-5-9(6-8)11(15)16/h3-7H,1-2H3,(H,15,16). The number of benzene rings is 1. The lowest BCUT2D eigenvalue weighted by molar-refractivity contribution is 0.0697. The predicted molar refractivity (Wildman–Crippen MR) is 68.8 cm³/mol. The van der Waals surface area contributed by atoms with Crippen LogP contribution < -0.4 is 4.90 Å². The molecule has 1 aromatic carbocycles. The molecule has 4 nitrogen and oxygen atoms in total. The minimum atomic E-state index is -0.921. The van der Waals surface area contributed by atoms with Gasteiger partial charge in [0.1, 0.15) is 0 Å². The van der Waals surface area contributed by atoms with Crippen molar-refractivity contribution in [2.75, 3.05) is 19.0 Å². The van der Waals surface area contributed by atoms with Crippen LogP contribution in [0.1, 0.15) is 10.4 Å². The molecule has 0 aliphatic carbocycles. The van der Waals surface area contributed by atoms with Crippen molar-refractivity contribution < 1.29 is 9.90 Å². The van der Waals surface area contributed by atoms with Crippen molar-refractivity contribution in [1.82, 2.24) is 4.98 Å². The summed E-state index contributed by atoms with van der Waals surface area (Å²) >= 11 is 1.53. The fraction of sp³-hybridized carbons (Fsp3) is 0.167. The van der Waals surface area contributed by atoms with Crippen molar-refractivity contribution in [3.8, 4) is 11.3 Å². The zero-order valence-corrected chi connectivity index (χ0v) is 10.4. The first-order chi connectivity index (χ1) is 8.08. The lowest BCUT2D eigenvalue weighted by Gasteiger charge is -2.05. The summed E-state index contributed by atoms with van der Waals surface area (Å²) in [6, 6.07) is 6.80. The Morgan fingerprint density at radius 3 is 2.76 bits per heavy atom. The Kier molecular flexibility index (Phi) is 3.10. The average molecular weight is 248 g/mol. The van der Waals surface area contributed by atoms with E-state index >= 15 is 0 Å². The first kappa shape index (κ1) is 11.6. The van der Waals surface area contributed by atoms with E-state index in [0.29, 0.717) is 0 Å². The molecule has 2 aromatic rings. The van der Waals surface area contributed by atoms with Crippen molar-refractivity contribution in [2.24, 2.45) is 0 Å². The van der Waals surface area contributed by atoms with E-state index in [9.17, 15) is 4.79 Å². The Bertz CT molecular complexity index is 549. The average Bonchev–Trinajstić information content (AvgIpc) is 2.78. The van der Waals surface area contributed by atoms with Crippen LogP contribution in [-0.4, -0.2) is 30.2 Å². The Labute approximate surface area is 103 Å². The maximum absolute atomic E-state index is 10.9. The number of carboxylic acid groups (broad SMARTS) is 1. The summed E-state index contributed by atoms with van der Waals surface area (Å²) in [4.78, 5) is 17.2. The van der Waals surface area contributed by atoms with Gasteiger partial charge in [0.25, 0.3) is 0 Å². The molecule has 5 heteroatoms. The highest BCUT2D eigenvalue weighted by atomic mass is 32.1. The maximum Gasteiger partial charge on any atom is 0.335 e. The predicted octanol–water partition coefficient (Wildman–Crippen LogP) is 2.57. The molecule has 1 N–H and O–H groups in total. The third-order valence-corrected chi connectivity index (χ3v) is 3.29. The van der Waals surface area contributed by atoms with E-state index in [2.05, 4.69) is 4.98 Å². The van der Waals surface area contributed by atoms with Crippen LogP contribution in [0, 0.1) is 0 Å². The van der Waals surface area contributed by atoms with Crippen LogP contribution >= 0.6 is 11.3 Å². The summed E-state index contributed by atoms with van der Waals surface area (Å²) in [5, 5.41) is 11.8. The number of hydrogen-bond acceptors (Lipinski definition) is 4. The molecule has 0 amide bonds. The van der Waals surface area contributed by atoms with Gasteiger partial charge in [0, 0.05) is 25.0 Å². The van der Waals surface area contributed by atoms with Gasteiger partial charge < -0.3 is 10.0 Å². The van der Waals surface area contributed by atoms with E-state index in [4.69, 9.17) is 5.11 Å². The number of hydrogen-bond donors (Lipinski definition) is 1. The van der Waals surface area contributed by atoms with Gasteiger partial charge >= 0.3 is 5.97 Å². The molecule has 2 rings (SSSR count). The van der Waals surface area contributed by atoms with Crippen LogP contribution in [0.3, 0.4) is 0 Å². The second-order valence-electron chi connectivity index (χ2n) is 3.80. The molecule has 0 atom stereocenters. The van der Waals surface area contributed by atoms with Crippen LogP contribution in [0.2, 0.25) is 0 Å². The monoisotopic (exact) mass is 248 g/mol. The van der Waals surface area contributed by atoms with E-state index < -0.39 is 5.97 Å². The molecular formula is C12H12N2O2S. The number of aromatic carboxylic acids is 1. The first-order valence-corrected chi connectivity index (χ1v) is 5.92. The minimum absolute atomic E-state index is 0.280. The second kappa shape index (κ2) is 4.55. The molecular weight excluding hydrogens is 236 g/mol. The van der Waals surface area contributed by atoms with Crippen molar-refractivity contribution in [1.29, 1.82) is 0 Å². The third-order valence-electron chi connectivity index (χ3n) is 2.28. The number of anilines is 1. The smallest absolute Gasteiger partial charge is 0.335 e. The van der Waals surface area contributed by atoms with Crippen LogP contribution in [-0.2, 0) is 0 Å². The highest BCUT2D eigenvalue weighted by molar-refractivity contribution is 7.14. The zero-order chi connectivity index (χ0) is 12.4. The molecule has 0 aliphatic rings. The molecule has 0 unspecified atom stereocenters. The summed E-state index contributed by atoms with van der Waals surface area (Å²) in [5.74, 6) is -0.921. The largest absolute Gasteiger partial charge is 0.478 e. The highest BCUT2D eigenvalue weighted by Gasteiger charge is 2.08. The van der Waals surface area contributed by atoms with E-state index in [1.807, 2.05) is 30.4 Å². The molecule has 0 fully saturated rings. The van der Waals surface area contributed by atoms with Crippen molar-refractivity contribution in [2.45, 2.75) is 0 Å². The fourth-order valence-corrected chi connectivity index (χ4v) is 2.18. The Balaban J connectivity index is 2.38. The molecule has 0 saturated heterocycles. The van der Waals surface area contributed by atoms with E-state index in [1.165, 1.54) is 11.3 Å². The Morgan fingerprint density at radius 2 is 2.18 bits per heavy atom. The lowest BCUT2D eigenvalue weighted by Crippen LogP contribution is -2.07. The van der Waals surface area contributed by atoms with Crippen molar-refractivity contribution >= 4 is 22.4 Å². The van der Waals surface area contributed by atoms with Crippen molar-refractivity contribution in [3.63, 3.8) is 0 Å². The fourth-order valence-electron chi connectivity index (χ4n) is 1.41. The lowest BCUT2D eigenvalue weighted by atomic mass is 10.1. The minimum Gasteiger partial charge on any atom is -0.478 e. The Morgan fingerprint density at radius 1 is 1.41 bits per heavy atom. The number of rotatable bonds is 3. The summed E-state index contributed by atoms with van der Waals surface area (Å²) < 4.78 is 0. The van der Waals surface area contributed by atoms with Crippen LogP contribution in [0.25, 0.3) is 11.3 Å². The SMILES string of the molecule is CN(C)c1nc(-c2cccc(C(=O)O)c2)cs1. The quantitative estimate of drug-likeness (QED) is 0.907. The maximum atomic E-state index is 10.9. The molecule has 0 aliphatic heterocycles. The van der Waals surface area contributed by atoms with Gasteiger partial charge in [0.15, 0.2) is 5.13 Å². The molecule has 88 valence electrons. The molecule has 0 bridgehead atoms. The van der Waals surface area contributed by atoms with Crippen LogP contribution in [0.5, 0.6) is 0 Å². The molecule has 17 heavy (non-hydrogen) atoms. The van der Waals surface area contributed by atoms with Gasteiger partial charge in [-0.2, -0.15) is 0 Å². The zero-order valence-electron chi connectivity index (χ0n) is 9.54. The molecule has 0 saturated carbocycles. The Hall–Kier alpha value is -1.88. The summed E-state index contributed by atoms with van der Waals surface area (Å²) in [5.41, 5.74) is 1.91.